The summed E-state index contributed by atoms with van der Waals surface area (Å²) in [5.41, 5.74) is 0.311. The van der Waals surface area contributed by atoms with Crippen LogP contribution in [0.25, 0.3) is 0 Å². The van der Waals surface area contributed by atoms with Gasteiger partial charge in [-0.25, -0.2) is 0 Å². The van der Waals surface area contributed by atoms with Gasteiger partial charge in [-0.1, -0.05) is 44.2 Å². The van der Waals surface area contributed by atoms with Crippen LogP contribution in [0, 0.1) is 17.8 Å². The Kier molecular flexibility index (Phi) is 6.79. The van der Waals surface area contributed by atoms with Gasteiger partial charge in [-0.15, -0.1) is 0 Å². The summed E-state index contributed by atoms with van der Waals surface area (Å²) in [6.07, 6.45) is 0.825. The molecule has 0 radical (unpaired) electrons. The minimum Gasteiger partial charge on any atom is -0.481 e. The van der Waals surface area contributed by atoms with Crippen LogP contribution in [0.2, 0.25) is 0 Å². The van der Waals surface area contributed by atoms with Crippen molar-refractivity contribution < 1.29 is 19.4 Å². The Balaban J connectivity index is 3.07. The van der Waals surface area contributed by atoms with E-state index in [-0.39, 0.29) is 5.92 Å². The van der Waals surface area contributed by atoms with E-state index in [0.29, 0.717) is 12.8 Å². The number of carbonyl (C=O) groups excluding carboxylic acids is 1. The molecule has 4 nitrogen and oxygen atoms in total. The lowest BCUT2D eigenvalue weighted by atomic mass is 9.81. The molecule has 0 heterocycles. The second kappa shape index (κ2) is 8.14. The Hall–Kier alpha value is -1.84. The molecule has 2 atom stereocenters. The highest BCUT2D eigenvalue weighted by Gasteiger charge is 2.37. The van der Waals surface area contributed by atoms with E-state index in [1.54, 1.807) is 20.8 Å². The molecule has 0 aliphatic carbocycles. The fourth-order valence-corrected chi connectivity index (χ4v) is 2.58. The SMILES string of the molecule is CC(C)C[C@H](C(=O)O)[C@@H](Cc1ccccc1)C(=O)OC(C)(C)C. The number of rotatable bonds is 7. The minimum atomic E-state index is -0.939. The molecule has 23 heavy (non-hydrogen) atoms. The summed E-state index contributed by atoms with van der Waals surface area (Å²) >= 11 is 0. The lowest BCUT2D eigenvalue weighted by Crippen LogP contribution is -2.37. The summed E-state index contributed by atoms with van der Waals surface area (Å²) in [6, 6.07) is 9.49. The van der Waals surface area contributed by atoms with Crippen LogP contribution in [0.5, 0.6) is 0 Å². The third kappa shape index (κ3) is 6.85. The number of hydrogen-bond donors (Lipinski definition) is 1. The summed E-state index contributed by atoms with van der Waals surface area (Å²) < 4.78 is 5.48. The van der Waals surface area contributed by atoms with Crippen molar-refractivity contribution in [3.8, 4) is 0 Å². The summed E-state index contributed by atoms with van der Waals surface area (Å²) in [5, 5.41) is 9.61. The van der Waals surface area contributed by atoms with Crippen molar-refractivity contribution in [2.24, 2.45) is 17.8 Å². The van der Waals surface area contributed by atoms with Gasteiger partial charge in [0.15, 0.2) is 0 Å². The highest BCUT2D eigenvalue weighted by molar-refractivity contribution is 5.81. The van der Waals surface area contributed by atoms with Crippen LogP contribution >= 0.6 is 0 Å². The third-order valence-corrected chi connectivity index (χ3v) is 3.54. The molecular weight excluding hydrogens is 292 g/mol. The number of carboxylic acids is 1. The van der Waals surface area contributed by atoms with Gasteiger partial charge in [-0.05, 0) is 45.1 Å². The minimum absolute atomic E-state index is 0.191. The molecule has 0 bridgehead atoms. The Labute approximate surface area is 138 Å². The molecule has 0 fully saturated rings. The molecule has 0 saturated heterocycles. The monoisotopic (exact) mass is 320 g/mol. The summed E-state index contributed by atoms with van der Waals surface area (Å²) in [6.45, 7) is 9.31. The van der Waals surface area contributed by atoms with Crippen LogP contribution in [-0.4, -0.2) is 22.6 Å². The third-order valence-electron chi connectivity index (χ3n) is 3.54. The Morgan fingerprint density at radius 2 is 1.65 bits per heavy atom. The van der Waals surface area contributed by atoms with E-state index < -0.39 is 29.4 Å². The molecule has 0 aliphatic rings. The molecule has 0 aliphatic heterocycles. The van der Waals surface area contributed by atoms with Crippen molar-refractivity contribution in [2.45, 2.75) is 53.1 Å². The van der Waals surface area contributed by atoms with E-state index in [4.69, 9.17) is 4.74 Å². The molecule has 1 rings (SSSR count). The van der Waals surface area contributed by atoms with Crippen LogP contribution in [-0.2, 0) is 20.7 Å². The van der Waals surface area contributed by atoms with E-state index in [2.05, 4.69) is 0 Å². The van der Waals surface area contributed by atoms with Gasteiger partial charge in [0.2, 0.25) is 0 Å². The van der Waals surface area contributed by atoms with Crippen molar-refractivity contribution in [3.05, 3.63) is 35.9 Å². The number of carbonyl (C=O) groups is 2. The summed E-state index contributed by atoms with van der Waals surface area (Å²) in [4.78, 5) is 24.3. The maximum absolute atomic E-state index is 12.6. The zero-order valence-electron chi connectivity index (χ0n) is 14.7. The number of ether oxygens (including phenoxy) is 1. The van der Waals surface area contributed by atoms with E-state index in [1.165, 1.54) is 0 Å². The standard InChI is InChI=1S/C19H28O4/c1-13(2)11-15(17(20)21)16(18(22)23-19(3,4)5)12-14-9-7-6-8-10-14/h6-10,13,15-16H,11-12H2,1-5H3,(H,20,21)/t15-,16+/m0/s1. The van der Waals surface area contributed by atoms with Crippen LogP contribution in [0.15, 0.2) is 30.3 Å². The highest BCUT2D eigenvalue weighted by atomic mass is 16.6. The van der Waals surface area contributed by atoms with Crippen molar-refractivity contribution in [1.82, 2.24) is 0 Å². The topological polar surface area (TPSA) is 63.6 Å². The van der Waals surface area contributed by atoms with E-state index >= 15 is 0 Å². The maximum Gasteiger partial charge on any atom is 0.310 e. The average Bonchev–Trinajstić information content (AvgIpc) is 2.41. The van der Waals surface area contributed by atoms with Gasteiger partial charge in [-0.2, -0.15) is 0 Å². The lowest BCUT2D eigenvalue weighted by Gasteiger charge is -2.28. The van der Waals surface area contributed by atoms with Gasteiger partial charge in [0.25, 0.3) is 0 Å². The quantitative estimate of drug-likeness (QED) is 0.773. The average molecular weight is 320 g/mol. The Morgan fingerprint density at radius 3 is 2.09 bits per heavy atom. The number of esters is 1. The smallest absolute Gasteiger partial charge is 0.310 e. The van der Waals surface area contributed by atoms with Crippen molar-refractivity contribution in [1.29, 1.82) is 0 Å². The Morgan fingerprint density at radius 1 is 1.09 bits per heavy atom. The first-order valence-corrected chi connectivity index (χ1v) is 8.09. The fraction of sp³-hybridized carbons (Fsp3) is 0.579. The molecule has 0 spiro atoms. The van der Waals surface area contributed by atoms with Crippen molar-refractivity contribution in [2.75, 3.05) is 0 Å². The first-order chi connectivity index (χ1) is 10.6. The van der Waals surface area contributed by atoms with Crippen molar-refractivity contribution >= 4 is 11.9 Å². The first-order valence-electron chi connectivity index (χ1n) is 8.09. The number of benzene rings is 1. The van der Waals surface area contributed by atoms with Gasteiger partial charge in [0, 0.05) is 0 Å². The fourth-order valence-electron chi connectivity index (χ4n) is 2.58. The molecule has 4 heteroatoms. The van der Waals surface area contributed by atoms with Gasteiger partial charge < -0.3 is 9.84 Å². The maximum atomic E-state index is 12.6. The molecule has 0 aromatic heterocycles. The van der Waals surface area contributed by atoms with Gasteiger partial charge in [-0.3, -0.25) is 9.59 Å². The van der Waals surface area contributed by atoms with Gasteiger partial charge in [0.05, 0.1) is 11.8 Å². The zero-order chi connectivity index (χ0) is 17.6. The lowest BCUT2D eigenvalue weighted by molar-refractivity contribution is -0.167. The van der Waals surface area contributed by atoms with E-state index in [0.717, 1.165) is 5.56 Å². The molecule has 1 N–H and O–H groups in total. The molecule has 0 amide bonds. The predicted octanol–water partition coefficient (Wildman–Crippen LogP) is 3.93. The van der Waals surface area contributed by atoms with Crippen LogP contribution < -0.4 is 0 Å². The van der Waals surface area contributed by atoms with E-state index in [9.17, 15) is 14.7 Å². The molecule has 0 unspecified atom stereocenters. The van der Waals surface area contributed by atoms with Gasteiger partial charge >= 0.3 is 11.9 Å². The second-order valence-corrected chi connectivity index (χ2v) is 7.40. The molecule has 128 valence electrons. The summed E-state index contributed by atoms with van der Waals surface area (Å²) in [7, 11) is 0. The van der Waals surface area contributed by atoms with Crippen LogP contribution in [0.1, 0.15) is 46.6 Å². The van der Waals surface area contributed by atoms with Crippen LogP contribution in [0.4, 0.5) is 0 Å². The first kappa shape index (κ1) is 19.2. The molecule has 1 aromatic carbocycles. The zero-order valence-corrected chi connectivity index (χ0v) is 14.7. The highest BCUT2D eigenvalue weighted by Crippen LogP contribution is 2.27. The Bertz CT molecular complexity index is 514. The largest absolute Gasteiger partial charge is 0.481 e. The van der Waals surface area contributed by atoms with Crippen LogP contribution in [0.3, 0.4) is 0 Å². The normalized spacial score (nSPS) is 14.3. The summed E-state index contributed by atoms with van der Waals surface area (Å²) in [5.74, 6) is -2.61. The van der Waals surface area contributed by atoms with Gasteiger partial charge in [0.1, 0.15) is 5.60 Å². The molecule has 1 aromatic rings. The molecular formula is C19H28O4. The molecule has 0 saturated carbocycles. The number of aliphatic carboxylic acids is 1. The predicted molar refractivity (Wildman–Crippen MR) is 90.1 cm³/mol. The van der Waals surface area contributed by atoms with E-state index in [1.807, 2.05) is 44.2 Å². The number of hydrogen-bond acceptors (Lipinski definition) is 3. The second-order valence-electron chi connectivity index (χ2n) is 7.40. The number of carboxylic acid groups (broad SMARTS) is 1. The van der Waals surface area contributed by atoms with Crippen molar-refractivity contribution in [3.63, 3.8) is 0 Å².